The molecular formula is C16H21N3. The summed E-state index contributed by atoms with van der Waals surface area (Å²) in [5.74, 6) is 1.01. The molecule has 1 aromatic heterocycles. The van der Waals surface area contributed by atoms with Crippen LogP contribution in [0.4, 0.5) is 5.82 Å². The fourth-order valence-corrected chi connectivity index (χ4v) is 1.99. The topological polar surface area (TPSA) is 28.2 Å². The van der Waals surface area contributed by atoms with Gasteiger partial charge in [-0.1, -0.05) is 37.3 Å². The van der Waals surface area contributed by atoms with Crippen LogP contribution in [-0.4, -0.2) is 18.6 Å². The van der Waals surface area contributed by atoms with E-state index in [4.69, 9.17) is 0 Å². The van der Waals surface area contributed by atoms with Crippen LogP contribution in [0, 0.1) is 0 Å². The molecule has 2 rings (SSSR count). The summed E-state index contributed by atoms with van der Waals surface area (Å²) in [5, 5.41) is 3.33. The number of pyridine rings is 1. The summed E-state index contributed by atoms with van der Waals surface area (Å²) in [6.45, 7) is 4.87. The zero-order valence-electron chi connectivity index (χ0n) is 11.6. The highest BCUT2D eigenvalue weighted by Gasteiger charge is 2.04. The maximum Gasteiger partial charge on any atom is 0.128 e. The Morgan fingerprint density at radius 3 is 2.63 bits per heavy atom. The van der Waals surface area contributed by atoms with E-state index in [1.165, 1.54) is 11.1 Å². The summed E-state index contributed by atoms with van der Waals surface area (Å²) in [7, 11) is 2.08. The van der Waals surface area contributed by atoms with Crippen molar-refractivity contribution in [3.63, 3.8) is 0 Å². The van der Waals surface area contributed by atoms with Gasteiger partial charge in [0.25, 0.3) is 0 Å². The van der Waals surface area contributed by atoms with Crippen LogP contribution in [0.25, 0.3) is 0 Å². The lowest BCUT2D eigenvalue weighted by Crippen LogP contribution is -2.18. The van der Waals surface area contributed by atoms with E-state index in [1.54, 1.807) is 0 Å². The van der Waals surface area contributed by atoms with E-state index < -0.39 is 0 Å². The predicted molar refractivity (Wildman–Crippen MR) is 80.2 cm³/mol. The number of hydrogen-bond acceptors (Lipinski definition) is 3. The Labute approximate surface area is 115 Å². The van der Waals surface area contributed by atoms with Gasteiger partial charge in [0, 0.05) is 26.3 Å². The summed E-state index contributed by atoms with van der Waals surface area (Å²) in [4.78, 5) is 6.61. The molecule has 2 aromatic rings. The number of hydrogen-bond donors (Lipinski definition) is 1. The lowest BCUT2D eigenvalue weighted by atomic mass is 10.2. The highest BCUT2D eigenvalue weighted by atomic mass is 15.2. The smallest absolute Gasteiger partial charge is 0.128 e. The van der Waals surface area contributed by atoms with Gasteiger partial charge in [-0.05, 0) is 29.8 Å². The van der Waals surface area contributed by atoms with Crippen molar-refractivity contribution in [1.29, 1.82) is 0 Å². The number of nitrogens with one attached hydrogen (secondary N) is 1. The van der Waals surface area contributed by atoms with Gasteiger partial charge in [-0.2, -0.15) is 0 Å². The summed E-state index contributed by atoms with van der Waals surface area (Å²) >= 11 is 0. The summed E-state index contributed by atoms with van der Waals surface area (Å²) in [5.41, 5.74) is 2.57. The monoisotopic (exact) mass is 255 g/mol. The van der Waals surface area contributed by atoms with Crippen molar-refractivity contribution in [3.8, 4) is 0 Å². The van der Waals surface area contributed by atoms with Gasteiger partial charge < -0.3 is 10.2 Å². The largest absolute Gasteiger partial charge is 0.355 e. The molecule has 0 fully saturated rings. The minimum absolute atomic E-state index is 0.874. The number of nitrogens with zero attached hydrogens (tertiary/aromatic N) is 2. The average Bonchev–Trinajstić information content (AvgIpc) is 2.46. The van der Waals surface area contributed by atoms with E-state index in [-0.39, 0.29) is 0 Å². The first-order chi connectivity index (χ1) is 9.29. The Hall–Kier alpha value is -1.87. The second-order valence-corrected chi connectivity index (χ2v) is 4.64. The fraction of sp³-hybridized carbons (Fsp3) is 0.312. The van der Waals surface area contributed by atoms with Crippen molar-refractivity contribution in [2.24, 2.45) is 0 Å². The third kappa shape index (κ3) is 4.07. The van der Waals surface area contributed by atoms with Crippen LogP contribution in [0.2, 0.25) is 0 Å². The zero-order chi connectivity index (χ0) is 13.5. The van der Waals surface area contributed by atoms with E-state index in [2.05, 4.69) is 65.6 Å². The van der Waals surface area contributed by atoms with Crippen LogP contribution in [0.5, 0.6) is 0 Å². The third-order valence-corrected chi connectivity index (χ3v) is 3.04. The van der Waals surface area contributed by atoms with Crippen LogP contribution in [0.1, 0.15) is 18.1 Å². The highest BCUT2D eigenvalue weighted by Crippen LogP contribution is 2.14. The molecule has 0 saturated heterocycles. The normalized spacial score (nSPS) is 10.4. The van der Waals surface area contributed by atoms with Crippen molar-refractivity contribution in [2.75, 3.05) is 18.5 Å². The molecule has 0 bridgehead atoms. The second-order valence-electron chi connectivity index (χ2n) is 4.64. The molecule has 0 atom stereocenters. The van der Waals surface area contributed by atoms with E-state index >= 15 is 0 Å². The van der Waals surface area contributed by atoms with Gasteiger partial charge in [-0.3, -0.25) is 0 Å². The van der Waals surface area contributed by atoms with E-state index in [0.29, 0.717) is 0 Å². The standard InChI is InChI=1S/C16H21N3/c1-3-17-12-15-9-10-18-16(11-15)19(2)13-14-7-5-4-6-8-14/h4-11,17H,3,12-13H2,1-2H3. The first kappa shape index (κ1) is 13.6. The van der Waals surface area contributed by atoms with Crippen LogP contribution in [0.3, 0.4) is 0 Å². The van der Waals surface area contributed by atoms with Gasteiger partial charge in [0.2, 0.25) is 0 Å². The second kappa shape index (κ2) is 6.90. The van der Waals surface area contributed by atoms with E-state index in [1.807, 2.05) is 12.3 Å². The molecule has 19 heavy (non-hydrogen) atoms. The van der Waals surface area contributed by atoms with Crippen LogP contribution >= 0.6 is 0 Å². The Bertz CT molecular complexity index is 496. The molecular weight excluding hydrogens is 234 g/mol. The zero-order valence-corrected chi connectivity index (χ0v) is 11.6. The molecule has 3 heteroatoms. The van der Waals surface area contributed by atoms with Crippen molar-refractivity contribution < 1.29 is 0 Å². The minimum atomic E-state index is 0.874. The molecule has 0 saturated carbocycles. The van der Waals surface area contributed by atoms with Gasteiger partial charge in [0.1, 0.15) is 5.82 Å². The molecule has 0 aliphatic rings. The molecule has 3 nitrogen and oxygen atoms in total. The molecule has 0 radical (unpaired) electrons. The van der Waals surface area contributed by atoms with Crippen molar-refractivity contribution >= 4 is 5.82 Å². The maximum atomic E-state index is 4.44. The Balaban J connectivity index is 2.04. The molecule has 0 spiro atoms. The van der Waals surface area contributed by atoms with Crippen molar-refractivity contribution in [3.05, 3.63) is 59.8 Å². The number of aromatic nitrogens is 1. The summed E-state index contributed by atoms with van der Waals surface area (Å²) in [6.07, 6.45) is 1.88. The third-order valence-electron chi connectivity index (χ3n) is 3.04. The average molecular weight is 255 g/mol. The van der Waals surface area contributed by atoms with Gasteiger partial charge in [-0.15, -0.1) is 0 Å². The lowest BCUT2D eigenvalue weighted by Gasteiger charge is -2.19. The quantitative estimate of drug-likeness (QED) is 0.860. The minimum Gasteiger partial charge on any atom is -0.355 e. The molecule has 1 heterocycles. The van der Waals surface area contributed by atoms with E-state index in [9.17, 15) is 0 Å². The highest BCUT2D eigenvalue weighted by molar-refractivity contribution is 5.41. The number of anilines is 1. The number of rotatable bonds is 6. The Morgan fingerprint density at radius 2 is 1.89 bits per heavy atom. The molecule has 1 N–H and O–H groups in total. The first-order valence-electron chi connectivity index (χ1n) is 6.70. The first-order valence-corrected chi connectivity index (χ1v) is 6.70. The molecule has 1 aromatic carbocycles. The van der Waals surface area contributed by atoms with Gasteiger partial charge >= 0.3 is 0 Å². The molecule has 0 aliphatic carbocycles. The summed E-state index contributed by atoms with van der Waals surface area (Å²) < 4.78 is 0. The maximum absolute atomic E-state index is 4.44. The van der Waals surface area contributed by atoms with Gasteiger partial charge in [0.15, 0.2) is 0 Å². The Kier molecular flexibility index (Phi) is 4.93. The van der Waals surface area contributed by atoms with Crippen LogP contribution in [-0.2, 0) is 13.1 Å². The lowest BCUT2D eigenvalue weighted by molar-refractivity contribution is 0.725. The van der Waals surface area contributed by atoms with Gasteiger partial charge in [-0.25, -0.2) is 4.98 Å². The van der Waals surface area contributed by atoms with Gasteiger partial charge in [0.05, 0.1) is 0 Å². The fourth-order valence-electron chi connectivity index (χ4n) is 1.99. The molecule has 100 valence electrons. The van der Waals surface area contributed by atoms with Crippen molar-refractivity contribution in [1.82, 2.24) is 10.3 Å². The molecule has 0 amide bonds. The summed E-state index contributed by atoms with van der Waals surface area (Å²) in [6, 6.07) is 14.7. The van der Waals surface area contributed by atoms with Crippen molar-refractivity contribution in [2.45, 2.75) is 20.0 Å². The molecule has 0 unspecified atom stereocenters. The SMILES string of the molecule is CCNCc1ccnc(N(C)Cc2ccccc2)c1. The predicted octanol–water partition coefficient (Wildman–Crippen LogP) is 2.83. The van der Waals surface area contributed by atoms with Crippen LogP contribution < -0.4 is 10.2 Å². The number of benzene rings is 1. The van der Waals surface area contributed by atoms with Crippen LogP contribution in [0.15, 0.2) is 48.7 Å². The van der Waals surface area contributed by atoms with E-state index in [0.717, 1.165) is 25.5 Å². The Morgan fingerprint density at radius 1 is 1.11 bits per heavy atom. The molecule has 0 aliphatic heterocycles.